The molecule has 2 atom stereocenters. The maximum atomic E-state index is 5.89. The summed E-state index contributed by atoms with van der Waals surface area (Å²) in [4.78, 5) is 7.10. The minimum absolute atomic E-state index is 0.0494. The van der Waals surface area contributed by atoms with E-state index in [0.29, 0.717) is 6.04 Å². The van der Waals surface area contributed by atoms with E-state index in [9.17, 15) is 0 Å². The highest BCUT2D eigenvalue weighted by Gasteiger charge is 2.41. The smallest absolute Gasteiger partial charge is 0.170 e. The average Bonchev–Trinajstić information content (AvgIpc) is 3.56. The van der Waals surface area contributed by atoms with Crippen LogP contribution < -0.4 is 10.6 Å². The first-order valence-corrected chi connectivity index (χ1v) is 13.0. The van der Waals surface area contributed by atoms with Gasteiger partial charge in [-0.15, -0.1) is 0 Å². The topological polar surface area (TPSA) is 45.1 Å². The second-order valence-corrected chi connectivity index (χ2v) is 9.99. The van der Waals surface area contributed by atoms with Crippen LogP contribution in [0.1, 0.15) is 72.9 Å². The molecule has 1 aliphatic heterocycles. The van der Waals surface area contributed by atoms with E-state index in [4.69, 9.17) is 17.2 Å². The first-order chi connectivity index (χ1) is 16.6. The summed E-state index contributed by atoms with van der Waals surface area (Å²) < 4.78 is 2.59. The van der Waals surface area contributed by atoms with Crippen molar-refractivity contribution in [1.29, 1.82) is 0 Å². The number of thiocarbonyl (C=S) groups is 1. The van der Waals surface area contributed by atoms with Crippen molar-refractivity contribution in [3.05, 3.63) is 83.4 Å². The second-order valence-electron chi connectivity index (χ2n) is 9.60. The molecule has 3 aromatic rings. The first kappa shape index (κ1) is 22.9. The van der Waals surface area contributed by atoms with Crippen LogP contribution in [-0.2, 0) is 0 Å². The fourth-order valence-electron chi connectivity index (χ4n) is 5.85. The lowest BCUT2D eigenvalue weighted by molar-refractivity contribution is 0.314. The molecule has 2 aliphatic rings. The molecular weight excluding hydrogens is 438 g/mol. The first-order valence-electron chi connectivity index (χ1n) is 12.6. The van der Waals surface area contributed by atoms with Crippen LogP contribution in [0, 0.1) is 13.8 Å². The van der Waals surface area contributed by atoms with E-state index in [0.717, 1.165) is 36.0 Å². The van der Waals surface area contributed by atoms with Gasteiger partial charge in [-0.25, -0.2) is 0 Å². The lowest BCUT2D eigenvalue weighted by Gasteiger charge is -2.28. The maximum absolute atomic E-state index is 5.89. The number of hydrogen-bond donors (Lipinski definition) is 2. The standard InChI is InChI=1S/C28H35N5S/c1-20-19-24(21(2)33(20)23-13-6-7-14-23)27-26(25-15-8-9-16-30-25)31-28(34)32(27)18-10-17-29-22-11-4-3-5-12-22/h3-5,8-9,11-12,15-16,19,23,26-27,29H,6-7,10,13-14,17-18H2,1-2H3,(H,31,34)/t26-,27-/m0/s1. The van der Waals surface area contributed by atoms with Gasteiger partial charge >= 0.3 is 0 Å². The molecule has 3 heterocycles. The van der Waals surface area contributed by atoms with Crippen LogP contribution >= 0.6 is 12.2 Å². The molecule has 0 spiro atoms. The van der Waals surface area contributed by atoms with Crippen LogP contribution in [-0.4, -0.2) is 32.7 Å². The molecule has 34 heavy (non-hydrogen) atoms. The van der Waals surface area contributed by atoms with Gasteiger partial charge < -0.3 is 20.1 Å². The Morgan fingerprint density at radius 1 is 1.06 bits per heavy atom. The van der Waals surface area contributed by atoms with Crippen molar-refractivity contribution in [1.82, 2.24) is 19.8 Å². The zero-order valence-electron chi connectivity index (χ0n) is 20.2. The Morgan fingerprint density at radius 3 is 2.56 bits per heavy atom. The van der Waals surface area contributed by atoms with E-state index >= 15 is 0 Å². The van der Waals surface area contributed by atoms with Crippen LogP contribution in [0.3, 0.4) is 0 Å². The fourth-order valence-corrected chi connectivity index (χ4v) is 6.18. The molecule has 5 rings (SSSR count). The highest BCUT2D eigenvalue weighted by atomic mass is 32.1. The molecule has 1 saturated heterocycles. The number of anilines is 1. The van der Waals surface area contributed by atoms with Gasteiger partial charge in [-0.05, 0) is 81.2 Å². The predicted molar refractivity (Wildman–Crippen MR) is 143 cm³/mol. The van der Waals surface area contributed by atoms with Crippen LogP contribution in [0.5, 0.6) is 0 Å². The minimum Gasteiger partial charge on any atom is -0.385 e. The zero-order valence-corrected chi connectivity index (χ0v) is 21.0. The summed E-state index contributed by atoms with van der Waals surface area (Å²) in [6.07, 6.45) is 8.13. The molecule has 5 nitrogen and oxygen atoms in total. The van der Waals surface area contributed by atoms with Gasteiger partial charge in [0.05, 0.1) is 17.8 Å². The number of hydrogen-bond acceptors (Lipinski definition) is 3. The third-order valence-corrected chi connectivity index (χ3v) is 7.76. The van der Waals surface area contributed by atoms with Gasteiger partial charge in [-0.2, -0.15) is 0 Å². The zero-order chi connectivity index (χ0) is 23.5. The number of aromatic nitrogens is 2. The third kappa shape index (κ3) is 4.56. The monoisotopic (exact) mass is 473 g/mol. The van der Waals surface area contributed by atoms with Crippen LogP contribution in [0.2, 0.25) is 0 Å². The SMILES string of the molecule is Cc1cc([C@H]2[C@H](c3ccccn3)NC(=S)N2CCCNc2ccccc2)c(C)n1C1CCCC1. The summed E-state index contributed by atoms with van der Waals surface area (Å²) in [5.74, 6) is 0. The minimum atomic E-state index is 0.0494. The highest BCUT2D eigenvalue weighted by Crippen LogP contribution is 2.42. The molecule has 0 unspecified atom stereocenters. The van der Waals surface area contributed by atoms with Crippen LogP contribution in [0.15, 0.2) is 60.8 Å². The Hall–Kier alpha value is -2.86. The molecule has 2 N–H and O–H groups in total. The molecule has 0 radical (unpaired) electrons. The highest BCUT2D eigenvalue weighted by molar-refractivity contribution is 7.80. The van der Waals surface area contributed by atoms with Gasteiger partial charge in [0.25, 0.3) is 0 Å². The number of rotatable bonds is 8. The molecule has 0 amide bonds. The van der Waals surface area contributed by atoms with E-state index in [2.05, 4.69) is 76.4 Å². The van der Waals surface area contributed by atoms with Crippen molar-refractivity contribution >= 4 is 23.0 Å². The maximum Gasteiger partial charge on any atom is 0.170 e. The lowest BCUT2D eigenvalue weighted by Crippen LogP contribution is -2.31. The molecule has 1 saturated carbocycles. The number of aryl methyl sites for hydroxylation is 1. The van der Waals surface area contributed by atoms with E-state index in [1.165, 1.54) is 42.6 Å². The summed E-state index contributed by atoms with van der Waals surface area (Å²) in [6, 6.07) is 19.8. The van der Waals surface area contributed by atoms with Gasteiger partial charge in [0.2, 0.25) is 0 Å². The van der Waals surface area contributed by atoms with Crippen LogP contribution in [0.25, 0.3) is 0 Å². The number of nitrogens with zero attached hydrogens (tertiary/aromatic N) is 3. The van der Waals surface area contributed by atoms with E-state index in [1.54, 1.807) is 0 Å². The third-order valence-electron chi connectivity index (χ3n) is 7.41. The molecule has 0 bridgehead atoms. The molecular formula is C28H35N5S. The second kappa shape index (κ2) is 10.2. The molecule has 178 valence electrons. The average molecular weight is 474 g/mol. The van der Waals surface area contributed by atoms with Crippen molar-refractivity contribution in [2.75, 3.05) is 18.4 Å². The quantitative estimate of drug-likeness (QED) is 0.306. The molecule has 2 fully saturated rings. The number of nitrogens with one attached hydrogen (secondary N) is 2. The van der Waals surface area contributed by atoms with E-state index in [-0.39, 0.29) is 12.1 Å². The number of para-hydroxylation sites is 1. The Bertz CT molecular complexity index is 1100. The summed E-state index contributed by atoms with van der Waals surface area (Å²) in [6.45, 7) is 6.37. The summed E-state index contributed by atoms with van der Waals surface area (Å²) in [5.41, 5.74) is 6.33. The van der Waals surface area contributed by atoms with Gasteiger partial charge in [0, 0.05) is 42.4 Å². The van der Waals surface area contributed by atoms with Crippen LogP contribution in [0.4, 0.5) is 5.69 Å². The molecule has 1 aromatic carbocycles. The summed E-state index contributed by atoms with van der Waals surface area (Å²) >= 11 is 5.89. The molecule has 1 aliphatic carbocycles. The Labute approximate surface area is 208 Å². The normalized spacial score (nSPS) is 20.6. The predicted octanol–water partition coefficient (Wildman–Crippen LogP) is 6.09. The van der Waals surface area contributed by atoms with Crippen molar-refractivity contribution in [2.45, 2.75) is 64.1 Å². The van der Waals surface area contributed by atoms with Gasteiger partial charge in [-0.3, -0.25) is 4.98 Å². The number of pyridine rings is 1. The molecule has 2 aromatic heterocycles. The van der Waals surface area contributed by atoms with Crippen molar-refractivity contribution < 1.29 is 0 Å². The van der Waals surface area contributed by atoms with Gasteiger partial charge in [0.15, 0.2) is 5.11 Å². The van der Waals surface area contributed by atoms with Crippen molar-refractivity contribution in [3.63, 3.8) is 0 Å². The lowest BCUT2D eigenvalue weighted by atomic mass is 9.96. The largest absolute Gasteiger partial charge is 0.385 e. The van der Waals surface area contributed by atoms with Gasteiger partial charge in [0.1, 0.15) is 0 Å². The van der Waals surface area contributed by atoms with Gasteiger partial charge in [-0.1, -0.05) is 37.1 Å². The fraction of sp³-hybridized carbons (Fsp3) is 0.429. The van der Waals surface area contributed by atoms with E-state index < -0.39 is 0 Å². The number of benzene rings is 1. The van der Waals surface area contributed by atoms with E-state index in [1.807, 2.05) is 18.3 Å². The Morgan fingerprint density at radius 2 is 1.82 bits per heavy atom. The van der Waals surface area contributed by atoms with Crippen molar-refractivity contribution in [3.8, 4) is 0 Å². The summed E-state index contributed by atoms with van der Waals surface area (Å²) in [7, 11) is 0. The molecule has 6 heteroatoms. The Balaban J connectivity index is 1.41. The Kier molecular flexibility index (Phi) is 6.86. The summed E-state index contributed by atoms with van der Waals surface area (Å²) in [5, 5.41) is 7.98. The van der Waals surface area contributed by atoms with Crippen molar-refractivity contribution in [2.24, 2.45) is 0 Å².